The Morgan fingerprint density at radius 3 is 2.63 bits per heavy atom. The Balaban J connectivity index is 1.35. The van der Waals surface area contributed by atoms with Crippen LogP contribution in [0.15, 0.2) is 60.7 Å². The number of hydrogen-bond acceptors (Lipinski definition) is 3. The molecule has 5 heteroatoms. The van der Waals surface area contributed by atoms with Gasteiger partial charge in [0.15, 0.2) is 0 Å². The van der Waals surface area contributed by atoms with E-state index in [2.05, 4.69) is 5.32 Å². The fourth-order valence-electron chi connectivity index (χ4n) is 3.40. The average molecular weight is 407 g/mol. The first-order valence-corrected chi connectivity index (χ1v) is 10.7. The molecule has 0 aliphatic carbocycles. The van der Waals surface area contributed by atoms with E-state index in [9.17, 15) is 9.59 Å². The van der Waals surface area contributed by atoms with Crippen molar-refractivity contribution in [2.24, 2.45) is 0 Å². The number of carbonyl (C=O) groups is 2. The summed E-state index contributed by atoms with van der Waals surface area (Å²) in [5.74, 6) is 0.917. The third-order valence-corrected chi connectivity index (χ3v) is 5.13. The SMILES string of the molecule is O=C(/C=C/c1ccc(OCc2ccccc2)cc1)NCCCN1CCCCCC1=O. The Hall–Kier alpha value is -3.08. The molecule has 158 valence electrons. The predicted octanol–water partition coefficient (Wildman–Crippen LogP) is 4.19. The summed E-state index contributed by atoms with van der Waals surface area (Å²) in [4.78, 5) is 25.9. The van der Waals surface area contributed by atoms with Crippen LogP contribution in [-0.2, 0) is 16.2 Å². The minimum absolute atomic E-state index is 0.124. The van der Waals surface area contributed by atoms with Gasteiger partial charge in [-0.05, 0) is 48.6 Å². The van der Waals surface area contributed by atoms with Crippen LogP contribution < -0.4 is 10.1 Å². The van der Waals surface area contributed by atoms with Crippen LogP contribution in [0.25, 0.3) is 6.08 Å². The first kappa shape index (κ1) is 21.6. The van der Waals surface area contributed by atoms with Gasteiger partial charge in [0, 0.05) is 32.1 Å². The van der Waals surface area contributed by atoms with Crippen molar-refractivity contribution in [3.8, 4) is 5.75 Å². The van der Waals surface area contributed by atoms with E-state index >= 15 is 0 Å². The maximum absolute atomic E-state index is 12.0. The van der Waals surface area contributed by atoms with E-state index in [-0.39, 0.29) is 11.8 Å². The Bertz CT molecular complexity index is 831. The third kappa shape index (κ3) is 7.39. The minimum Gasteiger partial charge on any atom is -0.489 e. The number of benzene rings is 2. The molecule has 0 saturated carbocycles. The van der Waals surface area contributed by atoms with Crippen LogP contribution in [0.1, 0.15) is 43.2 Å². The van der Waals surface area contributed by atoms with Crippen molar-refractivity contribution in [1.29, 1.82) is 0 Å². The molecule has 5 nitrogen and oxygen atoms in total. The second-order valence-corrected chi connectivity index (χ2v) is 7.51. The summed E-state index contributed by atoms with van der Waals surface area (Å²) in [5, 5.41) is 2.88. The Labute approximate surface area is 178 Å². The van der Waals surface area contributed by atoms with Gasteiger partial charge in [0.25, 0.3) is 0 Å². The van der Waals surface area contributed by atoms with E-state index in [4.69, 9.17) is 4.74 Å². The summed E-state index contributed by atoms with van der Waals surface area (Å²) in [6.07, 6.45) is 7.97. The quantitative estimate of drug-likeness (QED) is 0.502. The summed E-state index contributed by atoms with van der Waals surface area (Å²) in [7, 11) is 0. The molecule has 0 unspecified atom stereocenters. The molecule has 1 aliphatic heterocycles. The van der Waals surface area contributed by atoms with Crippen molar-refractivity contribution in [1.82, 2.24) is 10.2 Å². The fraction of sp³-hybridized carbons (Fsp3) is 0.360. The lowest BCUT2D eigenvalue weighted by atomic mass is 10.2. The molecule has 1 fully saturated rings. The van der Waals surface area contributed by atoms with Gasteiger partial charge in [0.1, 0.15) is 12.4 Å². The van der Waals surface area contributed by atoms with Crippen LogP contribution in [0.3, 0.4) is 0 Å². The van der Waals surface area contributed by atoms with Gasteiger partial charge in [0.2, 0.25) is 11.8 Å². The first-order valence-electron chi connectivity index (χ1n) is 10.7. The highest BCUT2D eigenvalue weighted by atomic mass is 16.5. The van der Waals surface area contributed by atoms with E-state index < -0.39 is 0 Å². The van der Waals surface area contributed by atoms with Crippen molar-refractivity contribution in [2.45, 2.75) is 38.7 Å². The molecule has 2 aromatic rings. The van der Waals surface area contributed by atoms with Gasteiger partial charge in [-0.1, -0.05) is 48.9 Å². The van der Waals surface area contributed by atoms with E-state index in [0.29, 0.717) is 26.1 Å². The maximum atomic E-state index is 12.0. The number of nitrogens with zero attached hydrogens (tertiary/aromatic N) is 1. The number of rotatable bonds is 9. The number of hydrogen-bond donors (Lipinski definition) is 1. The van der Waals surface area contributed by atoms with Crippen LogP contribution in [0, 0.1) is 0 Å². The van der Waals surface area contributed by atoms with E-state index in [0.717, 1.165) is 49.1 Å². The molecule has 0 aromatic heterocycles. The highest BCUT2D eigenvalue weighted by molar-refractivity contribution is 5.91. The Morgan fingerprint density at radius 2 is 1.83 bits per heavy atom. The van der Waals surface area contributed by atoms with Crippen molar-refractivity contribution < 1.29 is 14.3 Å². The fourth-order valence-corrected chi connectivity index (χ4v) is 3.40. The summed E-state index contributed by atoms with van der Waals surface area (Å²) < 4.78 is 5.77. The van der Waals surface area contributed by atoms with E-state index in [1.165, 1.54) is 6.08 Å². The zero-order valence-electron chi connectivity index (χ0n) is 17.4. The highest BCUT2D eigenvalue weighted by Gasteiger charge is 2.15. The maximum Gasteiger partial charge on any atom is 0.244 e. The first-order chi connectivity index (χ1) is 14.7. The minimum atomic E-state index is -0.124. The largest absolute Gasteiger partial charge is 0.489 e. The molecule has 2 aromatic carbocycles. The van der Waals surface area contributed by atoms with Crippen LogP contribution >= 0.6 is 0 Å². The molecule has 0 spiro atoms. The topological polar surface area (TPSA) is 58.6 Å². The van der Waals surface area contributed by atoms with E-state index in [1.807, 2.05) is 59.5 Å². The molecule has 1 N–H and O–H groups in total. The number of likely N-dealkylation sites (tertiary alicyclic amines) is 1. The Morgan fingerprint density at radius 1 is 1.03 bits per heavy atom. The van der Waals surface area contributed by atoms with Gasteiger partial charge in [-0.15, -0.1) is 0 Å². The highest BCUT2D eigenvalue weighted by Crippen LogP contribution is 2.15. The van der Waals surface area contributed by atoms with Crippen LogP contribution in [0.4, 0.5) is 0 Å². The second kappa shape index (κ2) is 11.8. The standard InChI is InChI=1S/C25H30N2O3/c28-24(26-17-7-19-27-18-6-2-5-10-25(27)29)16-13-21-11-14-23(15-12-21)30-20-22-8-3-1-4-9-22/h1,3-4,8-9,11-16H,2,5-7,10,17-20H2,(H,26,28)/b16-13+. The van der Waals surface area contributed by atoms with Gasteiger partial charge in [-0.25, -0.2) is 0 Å². The molecule has 3 rings (SSSR count). The molecule has 1 heterocycles. The average Bonchev–Trinajstić information content (AvgIpc) is 2.99. The second-order valence-electron chi connectivity index (χ2n) is 7.51. The summed E-state index contributed by atoms with van der Waals surface area (Å²) >= 11 is 0. The lowest BCUT2D eigenvalue weighted by Crippen LogP contribution is -2.33. The zero-order chi connectivity index (χ0) is 21.0. The number of amides is 2. The van der Waals surface area contributed by atoms with E-state index in [1.54, 1.807) is 6.08 Å². The zero-order valence-corrected chi connectivity index (χ0v) is 17.4. The number of ether oxygens (including phenoxy) is 1. The van der Waals surface area contributed by atoms with Gasteiger partial charge < -0.3 is 15.0 Å². The summed E-state index contributed by atoms with van der Waals surface area (Å²) in [5.41, 5.74) is 2.06. The number of carbonyl (C=O) groups excluding carboxylic acids is 2. The molecule has 0 bridgehead atoms. The lowest BCUT2D eigenvalue weighted by molar-refractivity contribution is -0.130. The lowest BCUT2D eigenvalue weighted by Gasteiger charge is -2.20. The molecule has 0 radical (unpaired) electrons. The van der Waals surface area contributed by atoms with Gasteiger partial charge in [-0.3, -0.25) is 9.59 Å². The summed E-state index contributed by atoms with van der Waals surface area (Å²) in [6, 6.07) is 17.7. The molecule has 1 aliphatic rings. The van der Waals surface area contributed by atoms with Crippen LogP contribution in [0.2, 0.25) is 0 Å². The molecule has 1 saturated heterocycles. The summed E-state index contributed by atoms with van der Waals surface area (Å²) in [6.45, 7) is 2.66. The van der Waals surface area contributed by atoms with Crippen molar-refractivity contribution in [3.05, 3.63) is 71.8 Å². The third-order valence-electron chi connectivity index (χ3n) is 5.13. The predicted molar refractivity (Wildman–Crippen MR) is 119 cm³/mol. The van der Waals surface area contributed by atoms with Gasteiger partial charge >= 0.3 is 0 Å². The van der Waals surface area contributed by atoms with Gasteiger partial charge in [0.05, 0.1) is 0 Å². The van der Waals surface area contributed by atoms with Gasteiger partial charge in [-0.2, -0.15) is 0 Å². The molecular weight excluding hydrogens is 376 g/mol. The molecular formula is C25H30N2O3. The molecule has 2 amide bonds. The van der Waals surface area contributed by atoms with Crippen molar-refractivity contribution in [3.63, 3.8) is 0 Å². The smallest absolute Gasteiger partial charge is 0.244 e. The van der Waals surface area contributed by atoms with Crippen LogP contribution in [-0.4, -0.2) is 36.3 Å². The molecule has 30 heavy (non-hydrogen) atoms. The van der Waals surface area contributed by atoms with Crippen molar-refractivity contribution in [2.75, 3.05) is 19.6 Å². The van der Waals surface area contributed by atoms with Crippen molar-refractivity contribution >= 4 is 17.9 Å². The Kier molecular flexibility index (Phi) is 8.51. The number of nitrogens with one attached hydrogen (secondary N) is 1. The normalized spacial score (nSPS) is 14.5. The molecule has 0 atom stereocenters. The van der Waals surface area contributed by atoms with Crippen LogP contribution in [0.5, 0.6) is 5.75 Å². The monoisotopic (exact) mass is 406 g/mol.